The molecule has 0 radical (unpaired) electrons. The maximum absolute atomic E-state index is 12.6. The van der Waals surface area contributed by atoms with Gasteiger partial charge in [0, 0.05) is 18.1 Å². The Morgan fingerprint density at radius 3 is 2.95 bits per heavy atom. The van der Waals surface area contributed by atoms with Crippen molar-refractivity contribution in [2.45, 2.75) is 18.3 Å². The van der Waals surface area contributed by atoms with E-state index in [1.54, 1.807) is 11.3 Å². The normalized spacial score (nSPS) is 18.1. The smallest absolute Gasteiger partial charge is 0.238 e. The van der Waals surface area contributed by atoms with Gasteiger partial charge < -0.3 is 4.74 Å². The zero-order valence-electron chi connectivity index (χ0n) is 10.3. The van der Waals surface area contributed by atoms with Crippen LogP contribution in [0.5, 0.6) is 0 Å². The quantitative estimate of drug-likeness (QED) is 0.892. The Morgan fingerprint density at radius 1 is 1.47 bits per heavy atom. The molecule has 19 heavy (non-hydrogen) atoms. The van der Waals surface area contributed by atoms with Crippen LogP contribution in [0.25, 0.3) is 0 Å². The Bertz CT molecular complexity index is 532. The van der Waals surface area contributed by atoms with Gasteiger partial charge in [0.2, 0.25) is 11.9 Å². The molecule has 0 aromatic carbocycles. The molecule has 2 aromatic rings. The largest absolute Gasteiger partial charge is 0.381 e. The van der Waals surface area contributed by atoms with Crippen molar-refractivity contribution in [2.75, 3.05) is 18.5 Å². The van der Waals surface area contributed by atoms with E-state index in [4.69, 9.17) is 4.74 Å². The van der Waals surface area contributed by atoms with E-state index in [1.807, 2.05) is 17.5 Å². The molecule has 1 saturated heterocycles. The van der Waals surface area contributed by atoms with Gasteiger partial charge in [0.05, 0.1) is 5.41 Å². The van der Waals surface area contributed by atoms with Crippen LogP contribution in [-0.2, 0) is 14.9 Å². The Balaban J connectivity index is 1.88. The van der Waals surface area contributed by atoms with Gasteiger partial charge in [-0.2, -0.15) is 10.1 Å². The van der Waals surface area contributed by atoms with Crippen molar-refractivity contribution in [3.8, 4) is 0 Å². The molecule has 0 unspecified atom stereocenters. The number of carbonyl (C=O) groups is 1. The second kappa shape index (κ2) is 5.10. The first-order valence-corrected chi connectivity index (χ1v) is 6.98. The second-order valence-corrected chi connectivity index (χ2v) is 5.41. The van der Waals surface area contributed by atoms with E-state index in [0.717, 1.165) is 4.88 Å². The van der Waals surface area contributed by atoms with Crippen molar-refractivity contribution >= 4 is 23.2 Å². The number of hydrogen-bond acceptors (Lipinski definition) is 5. The van der Waals surface area contributed by atoms with Crippen LogP contribution >= 0.6 is 11.3 Å². The number of hydrogen-bond donors (Lipinski definition) is 2. The van der Waals surface area contributed by atoms with Gasteiger partial charge in [-0.15, -0.1) is 11.3 Å². The van der Waals surface area contributed by atoms with Crippen molar-refractivity contribution in [2.24, 2.45) is 0 Å². The van der Waals surface area contributed by atoms with Crippen molar-refractivity contribution in [3.63, 3.8) is 0 Å². The molecule has 7 heteroatoms. The van der Waals surface area contributed by atoms with E-state index >= 15 is 0 Å². The molecule has 1 aliphatic rings. The molecule has 0 aliphatic carbocycles. The summed E-state index contributed by atoms with van der Waals surface area (Å²) in [6.07, 6.45) is 2.75. The predicted octanol–water partition coefficient (Wildman–Crippen LogP) is 1.55. The predicted molar refractivity (Wildman–Crippen MR) is 71.1 cm³/mol. The molecule has 100 valence electrons. The molecule has 3 rings (SSSR count). The summed E-state index contributed by atoms with van der Waals surface area (Å²) in [5.41, 5.74) is -0.515. The summed E-state index contributed by atoms with van der Waals surface area (Å²) in [6.45, 7) is 1.20. The third-order valence-electron chi connectivity index (χ3n) is 3.42. The number of thiophene rings is 1. The van der Waals surface area contributed by atoms with E-state index in [1.165, 1.54) is 6.33 Å². The minimum absolute atomic E-state index is 0.0463. The lowest BCUT2D eigenvalue weighted by atomic mass is 9.78. The fourth-order valence-electron chi connectivity index (χ4n) is 2.35. The second-order valence-electron chi connectivity index (χ2n) is 4.46. The van der Waals surface area contributed by atoms with Crippen LogP contribution in [0.3, 0.4) is 0 Å². The van der Waals surface area contributed by atoms with Gasteiger partial charge in [0.1, 0.15) is 6.33 Å². The van der Waals surface area contributed by atoms with E-state index < -0.39 is 5.41 Å². The van der Waals surface area contributed by atoms with Gasteiger partial charge in [-0.25, -0.2) is 5.10 Å². The highest BCUT2D eigenvalue weighted by molar-refractivity contribution is 7.10. The molecule has 0 bridgehead atoms. The third-order valence-corrected chi connectivity index (χ3v) is 4.49. The van der Waals surface area contributed by atoms with Gasteiger partial charge >= 0.3 is 0 Å². The van der Waals surface area contributed by atoms with Crippen LogP contribution in [0.4, 0.5) is 5.95 Å². The Hall–Kier alpha value is -1.73. The number of carbonyl (C=O) groups excluding carboxylic acids is 1. The third kappa shape index (κ3) is 2.26. The number of anilines is 1. The minimum atomic E-state index is -0.515. The topological polar surface area (TPSA) is 79.9 Å². The van der Waals surface area contributed by atoms with E-state index in [2.05, 4.69) is 20.5 Å². The first-order chi connectivity index (χ1) is 9.31. The maximum Gasteiger partial charge on any atom is 0.238 e. The SMILES string of the molecule is O=C(Nc1ncn[nH]1)C1(c2cccs2)CCOCC1. The van der Waals surface area contributed by atoms with Crippen molar-refractivity contribution < 1.29 is 9.53 Å². The number of aromatic nitrogens is 3. The molecule has 1 fully saturated rings. The average molecular weight is 278 g/mol. The number of amides is 1. The number of H-pyrrole nitrogens is 1. The summed E-state index contributed by atoms with van der Waals surface area (Å²) < 4.78 is 5.40. The molecule has 1 amide bonds. The lowest BCUT2D eigenvalue weighted by Crippen LogP contribution is -2.44. The average Bonchev–Trinajstić information content (AvgIpc) is 3.12. The van der Waals surface area contributed by atoms with Crippen LogP contribution in [0, 0.1) is 0 Å². The monoisotopic (exact) mass is 278 g/mol. The first kappa shape index (κ1) is 12.3. The standard InChI is InChI=1S/C12H14N4O2S/c17-10(15-11-13-8-14-16-11)12(3-5-18-6-4-12)9-2-1-7-19-9/h1-2,7-8H,3-6H2,(H2,13,14,15,16,17). The van der Waals surface area contributed by atoms with Gasteiger partial charge in [-0.05, 0) is 24.3 Å². The number of nitrogens with one attached hydrogen (secondary N) is 2. The van der Waals surface area contributed by atoms with Crippen molar-refractivity contribution in [1.29, 1.82) is 0 Å². The van der Waals surface area contributed by atoms with Crippen LogP contribution in [0.1, 0.15) is 17.7 Å². The highest BCUT2D eigenvalue weighted by Gasteiger charge is 2.42. The summed E-state index contributed by atoms with van der Waals surface area (Å²) in [5, 5.41) is 11.2. The fourth-order valence-corrected chi connectivity index (χ4v) is 3.33. The lowest BCUT2D eigenvalue weighted by Gasteiger charge is -2.34. The molecule has 0 atom stereocenters. The summed E-state index contributed by atoms with van der Waals surface area (Å²) in [6, 6.07) is 3.98. The number of ether oxygens (including phenoxy) is 1. The minimum Gasteiger partial charge on any atom is -0.381 e. The maximum atomic E-state index is 12.6. The number of aromatic amines is 1. The van der Waals surface area contributed by atoms with E-state index in [-0.39, 0.29) is 5.91 Å². The van der Waals surface area contributed by atoms with Gasteiger partial charge in [0.15, 0.2) is 0 Å². The molecule has 0 saturated carbocycles. The lowest BCUT2D eigenvalue weighted by molar-refractivity contribution is -0.125. The molecule has 2 aromatic heterocycles. The van der Waals surface area contributed by atoms with Crippen molar-refractivity contribution in [1.82, 2.24) is 15.2 Å². The van der Waals surface area contributed by atoms with E-state index in [0.29, 0.717) is 32.0 Å². The van der Waals surface area contributed by atoms with Crippen molar-refractivity contribution in [3.05, 3.63) is 28.7 Å². The zero-order valence-corrected chi connectivity index (χ0v) is 11.1. The molecule has 0 spiro atoms. The van der Waals surface area contributed by atoms with Crippen LogP contribution in [0.15, 0.2) is 23.8 Å². The molecule has 6 nitrogen and oxygen atoms in total. The molecule has 3 heterocycles. The molecular weight excluding hydrogens is 264 g/mol. The summed E-state index contributed by atoms with van der Waals surface area (Å²) in [7, 11) is 0. The Kier molecular flexibility index (Phi) is 3.31. The van der Waals surface area contributed by atoms with Gasteiger partial charge in [-0.3, -0.25) is 10.1 Å². The Labute approximate surface area is 114 Å². The molecule has 1 aliphatic heterocycles. The summed E-state index contributed by atoms with van der Waals surface area (Å²) in [5.74, 6) is 0.336. The van der Waals surface area contributed by atoms with Crippen LogP contribution < -0.4 is 5.32 Å². The van der Waals surface area contributed by atoms with Gasteiger partial charge in [-0.1, -0.05) is 6.07 Å². The fraction of sp³-hybridized carbons (Fsp3) is 0.417. The van der Waals surface area contributed by atoms with E-state index in [9.17, 15) is 4.79 Å². The van der Waals surface area contributed by atoms with Gasteiger partial charge in [0.25, 0.3) is 0 Å². The summed E-state index contributed by atoms with van der Waals surface area (Å²) in [4.78, 5) is 17.7. The number of rotatable bonds is 3. The number of nitrogens with zero attached hydrogens (tertiary/aromatic N) is 2. The first-order valence-electron chi connectivity index (χ1n) is 6.10. The van der Waals surface area contributed by atoms with Crippen LogP contribution in [0.2, 0.25) is 0 Å². The van der Waals surface area contributed by atoms with Crippen LogP contribution in [-0.4, -0.2) is 34.3 Å². The highest BCUT2D eigenvalue weighted by Crippen LogP contribution is 2.38. The Morgan fingerprint density at radius 2 is 2.32 bits per heavy atom. The highest BCUT2D eigenvalue weighted by atomic mass is 32.1. The zero-order chi connectivity index (χ0) is 13.1. The molecule has 2 N–H and O–H groups in total. The molecular formula is C12H14N4O2S. The summed E-state index contributed by atoms with van der Waals surface area (Å²) >= 11 is 1.61.